The van der Waals surface area contributed by atoms with Gasteiger partial charge in [-0.2, -0.15) is 0 Å². The summed E-state index contributed by atoms with van der Waals surface area (Å²) in [5.74, 6) is -1.13. The Bertz CT molecular complexity index is 812. The van der Waals surface area contributed by atoms with Crippen LogP contribution in [0.2, 0.25) is 0 Å². The number of carbonyl (C=O) groups is 1. The molecular formula is C13H12INO4S2. The molecule has 2 aromatic rings. The van der Waals surface area contributed by atoms with Gasteiger partial charge in [0.25, 0.3) is 10.0 Å². The van der Waals surface area contributed by atoms with Crippen LogP contribution in [0.4, 0.5) is 5.69 Å². The Kier molecular flexibility index (Phi) is 4.59. The molecule has 0 aliphatic heterocycles. The second kappa shape index (κ2) is 5.93. The molecule has 2 rings (SSSR count). The molecule has 0 bridgehead atoms. The van der Waals surface area contributed by atoms with Crippen molar-refractivity contribution in [2.45, 2.75) is 18.7 Å². The molecule has 112 valence electrons. The third-order valence-electron chi connectivity index (χ3n) is 2.80. The number of rotatable bonds is 4. The third-order valence-corrected chi connectivity index (χ3v) is 6.63. The van der Waals surface area contributed by atoms with E-state index in [1.54, 1.807) is 19.1 Å². The number of aromatic carboxylic acids is 1. The summed E-state index contributed by atoms with van der Waals surface area (Å²) >= 11 is 3.07. The molecule has 0 unspecified atom stereocenters. The van der Waals surface area contributed by atoms with Crippen molar-refractivity contribution in [2.75, 3.05) is 4.72 Å². The lowest BCUT2D eigenvalue weighted by Gasteiger charge is -2.09. The van der Waals surface area contributed by atoms with Crippen molar-refractivity contribution in [1.82, 2.24) is 0 Å². The molecule has 1 heterocycles. The Morgan fingerprint density at radius 1 is 1.29 bits per heavy atom. The maximum Gasteiger partial charge on any atom is 0.345 e. The molecule has 0 aliphatic carbocycles. The molecule has 0 atom stereocenters. The molecule has 0 saturated heterocycles. The molecule has 8 heteroatoms. The van der Waals surface area contributed by atoms with E-state index in [2.05, 4.69) is 27.3 Å². The second-order valence-electron chi connectivity index (χ2n) is 4.41. The Balaban J connectivity index is 2.38. The van der Waals surface area contributed by atoms with E-state index in [9.17, 15) is 13.2 Å². The number of anilines is 1. The van der Waals surface area contributed by atoms with E-state index in [0.717, 1.165) is 20.5 Å². The quantitative estimate of drug-likeness (QED) is 0.718. The number of halogens is 1. The molecule has 2 N–H and O–H groups in total. The lowest BCUT2D eigenvalue weighted by molar-refractivity contribution is 0.0702. The van der Waals surface area contributed by atoms with Crippen molar-refractivity contribution in [1.29, 1.82) is 0 Å². The van der Waals surface area contributed by atoms with Gasteiger partial charge in [-0.25, -0.2) is 13.2 Å². The number of nitrogens with one attached hydrogen (secondary N) is 1. The first-order chi connectivity index (χ1) is 9.70. The molecule has 0 saturated carbocycles. The minimum atomic E-state index is -3.79. The first-order valence-corrected chi connectivity index (χ1v) is 9.21. The van der Waals surface area contributed by atoms with Crippen molar-refractivity contribution in [3.05, 3.63) is 43.2 Å². The van der Waals surface area contributed by atoms with Crippen molar-refractivity contribution >= 4 is 55.6 Å². The molecule has 1 aromatic heterocycles. The average Bonchev–Trinajstić information content (AvgIpc) is 2.77. The summed E-state index contributed by atoms with van der Waals surface area (Å²) in [4.78, 5) is 11.4. The fourth-order valence-corrected chi connectivity index (χ4v) is 4.70. The van der Waals surface area contributed by atoms with Crippen LogP contribution in [-0.2, 0) is 10.0 Å². The molecule has 21 heavy (non-hydrogen) atoms. The Morgan fingerprint density at radius 2 is 1.95 bits per heavy atom. The van der Waals surface area contributed by atoms with Gasteiger partial charge in [0.15, 0.2) is 0 Å². The number of hydrogen-bond donors (Lipinski definition) is 2. The molecule has 1 aromatic carbocycles. The highest BCUT2D eigenvalue weighted by atomic mass is 127. The van der Waals surface area contributed by atoms with Gasteiger partial charge in [0, 0.05) is 14.1 Å². The van der Waals surface area contributed by atoms with Crippen LogP contribution in [0.3, 0.4) is 0 Å². The molecular weight excluding hydrogens is 425 g/mol. The van der Waals surface area contributed by atoms with E-state index in [0.29, 0.717) is 10.6 Å². The summed E-state index contributed by atoms with van der Waals surface area (Å²) in [6, 6.07) is 6.41. The lowest BCUT2D eigenvalue weighted by Crippen LogP contribution is -2.13. The number of carboxylic acids is 1. The van der Waals surface area contributed by atoms with Gasteiger partial charge in [-0.15, -0.1) is 11.3 Å². The maximum atomic E-state index is 12.4. The van der Waals surface area contributed by atoms with Crippen LogP contribution >= 0.6 is 33.9 Å². The first kappa shape index (κ1) is 16.2. The van der Waals surface area contributed by atoms with E-state index in [4.69, 9.17) is 5.11 Å². The standard InChI is InChI=1S/C13H12INO4S2/c1-7-3-4-9(5-10(7)14)15-21(18,19)12-6-11(13(16)17)20-8(12)2/h3-6,15H,1-2H3,(H,16,17). The molecule has 0 radical (unpaired) electrons. The highest BCUT2D eigenvalue weighted by molar-refractivity contribution is 14.1. The van der Waals surface area contributed by atoms with E-state index in [1.807, 2.05) is 13.0 Å². The second-order valence-corrected chi connectivity index (χ2v) is 8.48. The summed E-state index contributed by atoms with van der Waals surface area (Å²) in [5.41, 5.74) is 1.51. The zero-order chi connectivity index (χ0) is 15.8. The summed E-state index contributed by atoms with van der Waals surface area (Å²) in [6.45, 7) is 3.52. The Labute approximate surface area is 140 Å². The van der Waals surface area contributed by atoms with Crippen molar-refractivity contribution < 1.29 is 18.3 Å². The van der Waals surface area contributed by atoms with Gasteiger partial charge in [-0.3, -0.25) is 4.72 Å². The number of benzene rings is 1. The van der Waals surface area contributed by atoms with Crippen molar-refractivity contribution in [3.63, 3.8) is 0 Å². The molecule has 0 amide bonds. The predicted octanol–water partition coefficient (Wildman–Crippen LogP) is 3.47. The van der Waals surface area contributed by atoms with Gasteiger partial charge in [0.05, 0.1) is 0 Å². The molecule has 0 spiro atoms. The highest BCUT2D eigenvalue weighted by Crippen LogP contribution is 2.28. The molecule has 0 aliphatic rings. The van der Waals surface area contributed by atoms with Crippen LogP contribution in [0.1, 0.15) is 20.1 Å². The zero-order valence-electron chi connectivity index (χ0n) is 11.2. The third kappa shape index (κ3) is 3.55. The van der Waals surface area contributed by atoms with Gasteiger partial charge in [-0.05, 0) is 60.2 Å². The molecule has 0 fully saturated rings. The average molecular weight is 437 g/mol. The van der Waals surface area contributed by atoms with Crippen LogP contribution in [0, 0.1) is 17.4 Å². The monoisotopic (exact) mass is 437 g/mol. The number of hydrogen-bond acceptors (Lipinski definition) is 4. The van der Waals surface area contributed by atoms with Crippen LogP contribution in [0.5, 0.6) is 0 Å². The summed E-state index contributed by atoms with van der Waals surface area (Å²) in [6.07, 6.45) is 0. The van der Waals surface area contributed by atoms with Gasteiger partial charge in [-0.1, -0.05) is 6.07 Å². The summed E-state index contributed by atoms with van der Waals surface area (Å²) < 4.78 is 28.1. The van der Waals surface area contributed by atoms with Gasteiger partial charge in [0.2, 0.25) is 0 Å². The minimum Gasteiger partial charge on any atom is -0.477 e. The normalized spacial score (nSPS) is 11.4. The van der Waals surface area contributed by atoms with Crippen LogP contribution in [0.25, 0.3) is 0 Å². The number of aryl methyl sites for hydroxylation is 2. The van der Waals surface area contributed by atoms with Gasteiger partial charge in [0.1, 0.15) is 9.77 Å². The lowest BCUT2D eigenvalue weighted by atomic mass is 10.2. The Hall–Kier alpha value is -1.13. The van der Waals surface area contributed by atoms with Crippen molar-refractivity contribution in [2.24, 2.45) is 0 Å². The zero-order valence-corrected chi connectivity index (χ0v) is 15.0. The SMILES string of the molecule is Cc1ccc(NS(=O)(=O)c2cc(C(=O)O)sc2C)cc1I. The first-order valence-electron chi connectivity index (χ1n) is 5.83. The topological polar surface area (TPSA) is 83.5 Å². The van der Waals surface area contributed by atoms with E-state index in [-0.39, 0.29) is 9.77 Å². The highest BCUT2D eigenvalue weighted by Gasteiger charge is 2.22. The fraction of sp³-hybridized carbons (Fsp3) is 0.154. The largest absolute Gasteiger partial charge is 0.477 e. The van der Waals surface area contributed by atoms with E-state index in [1.165, 1.54) is 6.07 Å². The van der Waals surface area contributed by atoms with Crippen LogP contribution < -0.4 is 4.72 Å². The van der Waals surface area contributed by atoms with Crippen LogP contribution in [0.15, 0.2) is 29.2 Å². The molecule has 5 nitrogen and oxygen atoms in total. The summed E-state index contributed by atoms with van der Waals surface area (Å²) in [5, 5.41) is 8.94. The van der Waals surface area contributed by atoms with Gasteiger partial charge < -0.3 is 5.11 Å². The predicted molar refractivity (Wildman–Crippen MR) is 90.7 cm³/mol. The smallest absolute Gasteiger partial charge is 0.345 e. The van der Waals surface area contributed by atoms with E-state index >= 15 is 0 Å². The van der Waals surface area contributed by atoms with Crippen LogP contribution in [-0.4, -0.2) is 19.5 Å². The maximum absolute atomic E-state index is 12.4. The fourth-order valence-electron chi connectivity index (χ4n) is 1.70. The van der Waals surface area contributed by atoms with Crippen molar-refractivity contribution in [3.8, 4) is 0 Å². The van der Waals surface area contributed by atoms with Gasteiger partial charge >= 0.3 is 5.97 Å². The summed E-state index contributed by atoms with van der Waals surface area (Å²) in [7, 11) is -3.79. The number of thiophene rings is 1. The number of carboxylic acid groups (broad SMARTS) is 1. The Morgan fingerprint density at radius 3 is 2.48 bits per heavy atom. The van der Waals surface area contributed by atoms with E-state index < -0.39 is 16.0 Å². The minimum absolute atomic E-state index is 0.000447. The number of sulfonamides is 1.